The van der Waals surface area contributed by atoms with E-state index in [4.69, 9.17) is 18.9 Å². The monoisotopic (exact) mass is 622 g/mol. The normalized spacial score (nSPS) is 21.1. The lowest BCUT2D eigenvalue weighted by atomic mass is 10.1. The first-order valence-electron chi connectivity index (χ1n) is 15.5. The van der Waals surface area contributed by atoms with Crippen LogP contribution in [0.3, 0.4) is 0 Å². The largest absolute Gasteiger partial charge is 0.493 e. The Balaban J connectivity index is 1.36. The number of hydrogen-bond donors (Lipinski definition) is 1. The molecule has 12 nitrogen and oxygen atoms in total. The number of fused-ring (bicyclic) bond motifs is 5. The summed E-state index contributed by atoms with van der Waals surface area (Å²) in [6.07, 6.45) is 1.71. The Hall–Kier alpha value is -4.16. The third-order valence-corrected chi connectivity index (χ3v) is 8.43. The molecule has 0 aliphatic carbocycles. The first-order chi connectivity index (χ1) is 21.8. The molecule has 2 atom stereocenters. The maximum atomic E-state index is 13.3. The van der Waals surface area contributed by atoms with Crippen molar-refractivity contribution in [1.29, 1.82) is 0 Å². The Bertz CT molecular complexity index is 1380. The van der Waals surface area contributed by atoms with Gasteiger partial charge in [0.2, 0.25) is 23.6 Å². The quantitative estimate of drug-likeness (QED) is 0.498. The molecule has 3 heterocycles. The van der Waals surface area contributed by atoms with Crippen LogP contribution >= 0.6 is 0 Å². The third-order valence-electron chi connectivity index (χ3n) is 8.43. The highest BCUT2D eigenvalue weighted by molar-refractivity contribution is 5.85. The summed E-state index contributed by atoms with van der Waals surface area (Å²) in [5.74, 6) is 1.15. The summed E-state index contributed by atoms with van der Waals surface area (Å²) in [4.78, 5) is 56.7. The second-order valence-electron chi connectivity index (χ2n) is 11.6. The zero-order valence-electron chi connectivity index (χ0n) is 26.0. The molecule has 0 radical (unpaired) electrons. The number of carbonyl (C=O) groups excluding carboxylic acids is 4. The lowest BCUT2D eigenvalue weighted by molar-refractivity contribution is -0.137. The molecule has 4 bridgehead atoms. The van der Waals surface area contributed by atoms with Crippen molar-refractivity contribution in [2.75, 3.05) is 60.1 Å². The van der Waals surface area contributed by atoms with Gasteiger partial charge in [0.15, 0.2) is 11.5 Å². The van der Waals surface area contributed by atoms with E-state index < -0.39 is 12.1 Å². The van der Waals surface area contributed by atoms with Gasteiger partial charge in [-0.25, -0.2) is 0 Å². The average molecular weight is 623 g/mol. The predicted molar refractivity (Wildman–Crippen MR) is 164 cm³/mol. The van der Waals surface area contributed by atoms with Crippen LogP contribution in [-0.2, 0) is 41.7 Å². The molecule has 4 amide bonds. The van der Waals surface area contributed by atoms with Crippen molar-refractivity contribution in [3.05, 3.63) is 53.6 Å². The lowest BCUT2D eigenvalue weighted by Gasteiger charge is -2.25. The summed E-state index contributed by atoms with van der Waals surface area (Å²) >= 11 is 0. The molecule has 2 saturated heterocycles. The minimum atomic E-state index is -0.477. The fraction of sp³-hybridized carbons (Fsp3) is 0.515. The van der Waals surface area contributed by atoms with E-state index >= 15 is 0 Å². The maximum Gasteiger partial charge on any atom is 0.239 e. The van der Waals surface area contributed by atoms with Gasteiger partial charge in [-0.3, -0.25) is 19.2 Å². The molecule has 3 aliphatic rings. The number of nitrogens with zero attached hydrogens (tertiary/aromatic N) is 3. The summed E-state index contributed by atoms with van der Waals surface area (Å²) in [5.41, 5.74) is 1.76. The summed E-state index contributed by atoms with van der Waals surface area (Å²) in [5, 5.41) is 3.03. The van der Waals surface area contributed by atoms with E-state index in [-0.39, 0.29) is 69.3 Å². The van der Waals surface area contributed by atoms with Crippen molar-refractivity contribution in [3.8, 4) is 17.2 Å². The Labute approximate surface area is 263 Å². The highest BCUT2D eigenvalue weighted by atomic mass is 16.5. The number of ether oxygens (including phenoxy) is 4. The molecule has 2 aromatic carbocycles. The smallest absolute Gasteiger partial charge is 0.239 e. The topological polar surface area (TPSA) is 127 Å². The van der Waals surface area contributed by atoms with Crippen molar-refractivity contribution in [2.24, 2.45) is 0 Å². The Morgan fingerprint density at radius 1 is 0.956 bits per heavy atom. The zero-order chi connectivity index (χ0) is 31.8. The van der Waals surface area contributed by atoms with Crippen LogP contribution in [-0.4, -0.2) is 111 Å². The van der Waals surface area contributed by atoms with Gasteiger partial charge in [0.25, 0.3) is 0 Å². The Morgan fingerprint density at radius 2 is 1.80 bits per heavy atom. The summed E-state index contributed by atoms with van der Waals surface area (Å²) in [6.45, 7) is 2.26. The zero-order valence-corrected chi connectivity index (χ0v) is 26.0. The minimum absolute atomic E-state index is 0.0793. The second kappa shape index (κ2) is 15.2. The van der Waals surface area contributed by atoms with Gasteiger partial charge in [0.05, 0.1) is 39.0 Å². The first kappa shape index (κ1) is 32.2. The number of benzene rings is 2. The van der Waals surface area contributed by atoms with Crippen LogP contribution in [0.1, 0.15) is 36.8 Å². The van der Waals surface area contributed by atoms with Gasteiger partial charge < -0.3 is 39.0 Å². The third kappa shape index (κ3) is 8.52. The maximum absolute atomic E-state index is 13.3. The van der Waals surface area contributed by atoms with Gasteiger partial charge in [-0.1, -0.05) is 18.2 Å². The van der Waals surface area contributed by atoms with Crippen LogP contribution in [0.5, 0.6) is 17.2 Å². The van der Waals surface area contributed by atoms with Gasteiger partial charge >= 0.3 is 0 Å². The molecule has 242 valence electrons. The number of methoxy groups -OCH3 is 2. The molecule has 0 spiro atoms. The molecule has 3 aliphatic heterocycles. The number of carbonyl (C=O) groups is 4. The van der Waals surface area contributed by atoms with E-state index in [2.05, 4.69) is 5.32 Å². The van der Waals surface area contributed by atoms with Crippen LogP contribution in [0.4, 0.5) is 0 Å². The van der Waals surface area contributed by atoms with E-state index in [9.17, 15) is 19.2 Å². The molecule has 0 aromatic heterocycles. The summed E-state index contributed by atoms with van der Waals surface area (Å²) < 4.78 is 23.3. The molecular weight excluding hydrogens is 580 g/mol. The van der Waals surface area contributed by atoms with E-state index in [1.807, 2.05) is 42.5 Å². The molecule has 5 rings (SSSR count). The Kier molecular flexibility index (Phi) is 10.9. The fourth-order valence-electron chi connectivity index (χ4n) is 5.93. The van der Waals surface area contributed by atoms with E-state index in [0.717, 1.165) is 17.5 Å². The standard InChI is InChI=1S/C33H42N4O8/c1-42-16-15-36-21-30(38)34-26-19-37(33(41)12-14-35-13-4-7-31(35)39)20-29(26)44-22-24-5-3-6-25(17-24)45-28-18-23(9-11-32(36)40)8-10-27(28)43-2/h3,5-6,8,10,17-18,26,29H,4,7,9,11-16,19-22H2,1-2H3,(H,34,38)/t26-,29-/m0/s1. The van der Waals surface area contributed by atoms with Gasteiger partial charge in [-0.05, 0) is 48.2 Å². The van der Waals surface area contributed by atoms with Gasteiger partial charge in [-0.2, -0.15) is 0 Å². The van der Waals surface area contributed by atoms with Gasteiger partial charge in [0, 0.05) is 59.1 Å². The molecule has 45 heavy (non-hydrogen) atoms. The molecule has 2 fully saturated rings. The molecule has 2 aromatic rings. The van der Waals surface area contributed by atoms with E-state index in [1.54, 1.807) is 24.0 Å². The van der Waals surface area contributed by atoms with Gasteiger partial charge in [0.1, 0.15) is 5.75 Å². The van der Waals surface area contributed by atoms with Crippen molar-refractivity contribution in [3.63, 3.8) is 0 Å². The molecule has 12 heteroatoms. The lowest BCUT2D eigenvalue weighted by Crippen LogP contribution is -2.49. The average Bonchev–Trinajstić information content (AvgIpc) is 3.64. The predicted octanol–water partition coefficient (Wildman–Crippen LogP) is 2.13. The highest BCUT2D eigenvalue weighted by Crippen LogP contribution is 2.33. The van der Waals surface area contributed by atoms with E-state index in [1.165, 1.54) is 4.90 Å². The number of amides is 4. The molecule has 0 unspecified atom stereocenters. The van der Waals surface area contributed by atoms with Crippen molar-refractivity contribution >= 4 is 23.6 Å². The number of hydrogen-bond acceptors (Lipinski definition) is 8. The van der Waals surface area contributed by atoms with Crippen LogP contribution in [0.15, 0.2) is 42.5 Å². The second-order valence-corrected chi connectivity index (χ2v) is 11.6. The van der Waals surface area contributed by atoms with Crippen LogP contribution in [0, 0.1) is 0 Å². The van der Waals surface area contributed by atoms with E-state index in [0.29, 0.717) is 49.7 Å². The van der Waals surface area contributed by atoms with Crippen molar-refractivity contribution < 1.29 is 38.1 Å². The number of aryl methyl sites for hydroxylation is 1. The fourth-order valence-corrected chi connectivity index (χ4v) is 5.93. The van der Waals surface area contributed by atoms with Crippen LogP contribution in [0.2, 0.25) is 0 Å². The summed E-state index contributed by atoms with van der Waals surface area (Å²) in [6, 6.07) is 12.6. The van der Waals surface area contributed by atoms with Crippen LogP contribution < -0.4 is 14.8 Å². The summed E-state index contributed by atoms with van der Waals surface area (Å²) in [7, 11) is 3.12. The van der Waals surface area contributed by atoms with Crippen molar-refractivity contribution in [1.82, 2.24) is 20.0 Å². The minimum Gasteiger partial charge on any atom is -0.493 e. The first-order valence-corrected chi connectivity index (χ1v) is 15.5. The SMILES string of the molecule is COCCN1CC(=O)N[C@H]2CN(C(=O)CCN3CCCC3=O)C[C@@H]2OCc2cccc(c2)Oc2cc(ccc2OC)CCC1=O. The number of rotatable bonds is 7. The van der Waals surface area contributed by atoms with Crippen LogP contribution in [0.25, 0.3) is 0 Å². The molecule has 1 N–H and O–H groups in total. The number of nitrogens with one attached hydrogen (secondary N) is 1. The molecular formula is C33H42N4O8. The van der Waals surface area contributed by atoms with Gasteiger partial charge in [-0.15, -0.1) is 0 Å². The molecule has 0 saturated carbocycles. The van der Waals surface area contributed by atoms with Crippen molar-refractivity contribution in [2.45, 2.75) is 50.9 Å². The highest BCUT2D eigenvalue weighted by Gasteiger charge is 2.37. The Morgan fingerprint density at radius 3 is 2.58 bits per heavy atom. The number of likely N-dealkylation sites (tertiary alicyclic amines) is 2.